The summed E-state index contributed by atoms with van der Waals surface area (Å²) in [7, 11) is 0. The first-order chi connectivity index (χ1) is 7.99. The van der Waals surface area contributed by atoms with Gasteiger partial charge >= 0.3 is 0 Å². The van der Waals surface area contributed by atoms with Crippen LogP contribution < -0.4 is 10.6 Å². The van der Waals surface area contributed by atoms with Gasteiger partial charge in [0.05, 0.1) is 5.69 Å². The molecular weight excluding hydrogens is 323 g/mol. The Labute approximate surface area is 118 Å². The number of nitrogens with two attached hydrogens (primary N) is 1. The van der Waals surface area contributed by atoms with Crippen molar-refractivity contribution in [2.24, 2.45) is 11.8 Å². The molecule has 17 heavy (non-hydrogen) atoms. The lowest BCUT2D eigenvalue weighted by atomic mass is 9.85. The van der Waals surface area contributed by atoms with Gasteiger partial charge in [-0.15, -0.1) is 0 Å². The zero-order valence-corrected chi connectivity index (χ0v) is 12.9. The first-order valence-electron chi connectivity index (χ1n) is 6.30. The van der Waals surface area contributed by atoms with E-state index in [-0.39, 0.29) is 0 Å². The zero-order chi connectivity index (χ0) is 12.6. The van der Waals surface area contributed by atoms with Crippen LogP contribution in [0.2, 0.25) is 0 Å². The largest absolute Gasteiger partial charge is 0.399 e. The smallest absolute Gasteiger partial charge is 0.0506 e. The first kappa shape index (κ1) is 13.0. The predicted molar refractivity (Wildman–Crippen MR) is 83.3 cm³/mol. The van der Waals surface area contributed by atoms with Gasteiger partial charge < -0.3 is 10.6 Å². The number of hydrogen-bond acceptors (Lipinski definition) is 2. The zero-order valence-electron chi connectivity index (χ0n) is 10.8. The van der Waals surface area contributed by atoms with Crippen molar-refractivity contribution in [3.63, 3.8) is 0 Å². The Kier molecular flexibility index (Phi) is 3.85. The molecule has 1 aliphatic rings. The van der Waals surface area contributed by atoms with Gasteiger partial charge in [-0.1, -0.05) is 13.8 Å². The third-order valence-electron chi connectivity index (χ3n) is 3.88. The van der Waals surface area contributed by atoms with Crippen molar-refractivity contribution in [3.8, 4) is 0 Å². The Morgan fingerprint density at radius 1 is 1.29 bits per heavy atom. The normalized spacial score (nSPS) is 29.4. The van der Waals surface area contributed by atoms with Crippen LogP contribution in [0.5, 0.6) is 0 Å². The minimum Gasteiger partial charge on any atom is -0.399 e. The van der Waals surface area contributed by atoms with Gasteiger partial charge in [0.15, 0.2) is 0 Å². The molecule has 0 saturated carbocycles. The minimum atomic E-state index is 0.614. The second-order valence-electron chi connectivity index (χ2n) is 5.42. The second-order valence-corrected chi connectivity index (χ2v) is 6.58. The van der Waals surface area contributed by atoms with Crippen molar-refractivity contribution in [3.05, 3.63) is 21.8 Å². The standard InChI is InChI=1S/C14H21IN2/c1-9-6-10(2)11(3)17(8-9)14-5-4-12(16)7-13(14)15/h4-5,7,9-11H,6,8,16H2,1-3H3. The number of piperidine rings is 1. The number of hydrogen-bond donors (Lipinski definition) is 1. The lowest BCUT2D eigenvalue weighted by molar-refractivity contribution is 0.297. The van der Waals surface area contributed by atoms with Crippen LogP contribution in [0.3, 0.4) is 0 Å². The molecular formula is C14H21IN2. The Bertz CT molecular complexity index is 405. The van der Waals surface area contributed by atoms with Gasteiger partial charge in [0.25, 0.3) is 0 Å². The van der Waals surface area contributed by atoms with Gasteiger partial charge in [0.1, 0.15) is 0 Å². The van der Waals surface area contributed by atoms with E-state index in [2.05, 4.69) is 60.4 Å². The van der Waals surface area contributed by atoms with E-state index in [1.54, 1.807) is 0 Å². The van der Waals surface area contributed by atoms with E-state index in [1.807, 2.05) is 6.07 Å². The highest BCUT2D eigenvalue weighted by atomic mass is 127. The predicted octanol–water partition coefficient (Wildman–Crippen LogP) is 3.74. The number of rotatable bonds is 1. The topological polar surface area (TPSA) is 29.3 Å². The average molecular weight is 344 g/mol. The third-order valence-corrected chi connectivity index (χ3v) is 4.74. The van der Waals surface area contributed by atoms with Crippen LogP contribution in [-0.2, 0) is 0 Å². The highest BCUT2D eigenvalue weighted by Gasteiger charge is 2.29. The minimum absolute atomic E-state index is 0.614. The maximum Gasteiger partial charge on any atom is 0.0506 e. The fourth-order valence-electron chi connectivity index (χ4n) is 2.79. The van der Waals surface area contributed by atoms with E-state index in [9.17, 15) is 0 Å². The Morgan fingerprint density at radius 3 is 2.65 bits per heavy atom. The monoisotopic (exact) mass is 344 g/mol. The Morgan fingerprint density at radius 2 is 2.00 bits per heavy atom. The molecule has 3 unspecified atom stereocenters. The van der Waals surface area contributed by atoms with Gasteiger partial charge in [0.2, 0.25) is 0 Å². The summed E-state index contributed by atoms with van der Waals surface area (Å²) < 4.78 is 1.26. The first-order valence-corrected chi connectivity index (χ1v) is 7.38. The van der Waals surface area contributed by atoms with Crippen molar-refractivity contribution in [1.29, 1.82) is 0 Å². The fraction of sp³-hybridized carbons (Fsp3) is 0.571. The number of nitrogens with zero attached hydrogens (tertiary/aromatic N) is 1. The van der Waals surface area contributed by atoms with Gasteiger partial charge in [-0.25, -0.2) is 0 Å². The van der Waals surface area contributed by atoms with Gasteiger partial charge in [-0.05, 0) is 66.0 Å². The molecule has 3 atom stereocenters. The van der Waals surface area contributed by atoms with Crippen molar-refractivity contribution >= 4 is 34.0 Å². The lowest BCUT2D eigenvalue weighted by Gasteiger charge is -2.43. The average Bonchev–Trinajstić information content (AvgIpc) is 2.24. The fourth-order valence-corrected chi connectivity index (χ4v) is 3.64. The Hall–Kier alpha value is -0.450. The molecule has 2 rings (SSSR count). The van der Waals surface area contributed by atoms with E-state index in [4.69, 9.17) is 5.73 Å². The van der Waals surface area contributed by atoms with Crippen LogP contribution in [-0.4, -0.2) is 12.6 Å². The maximum absolute atomic E-state index is 5.82. The molecule has 0 aromatic heterocycles. The number of nitrogen functional groups attached to an aromatic ring is 1. The van der Waals surface area contributed by atoms with Crippen LogP contribution in [0, 0.1) is 15.4 Å². The van der Waals surface area contributed by atoms with Crippen LogP contribution in [0.25, 0.3) is 0 Å². The molecule has 1 aliphatic heterocycles. The molecule has 0 amide bonds. The van der Waals surface area contributed by atoms with E-state index in [0.717, 1.165) is 24.1 Å². The number of halogens is 1. The van der Waals surface area contributed by atoms with Crippen molar-refractivity contribution in [1.82, 2.24) is 0 Å². The molecule has 2 N–H and O–H groups in total. The number of benzene rings is 1. The SMILES string of the molecule is CC1CC(C)C(C)N(c2ccc(N)cc2I)C1. The lowest BCUT2D eigenvalue weighted by Crippen LogP contribution is -2.46. The molecule has 1 saturated heterocycles. The quantitative estimate of drug-likeness (QED) is 0.621. The number of anilines is 2. The molecule has 1 fully saturated rings. The summed E-state index contributed by atoms with van der Waals surface area (Å²) in [6.45, 7) is 8.20. The molecule has 1 aromatic rings. The van der Waals surface area contributed by atoms with E-state index >= 15 is 0 Å². The summed E-state index contributed by atoms with van der Waals surface area (Å²) in [5.74, 6) is 1.53. The van der Waals surface area contributed by atoms with Crippen molar-refractivity contribution < 1.29 is 0 Å². The van der Waals surface area contributed by atoms with E-state index in [1.165, 1.54) is 15.7 Å². The van der Waals surface area contributed by atoms with E-state index in [0.29, 0.717) is 6.04 Å². The summed E-state index contributed by atoms with van der Waals surface area (Å²) in [6, 6.07) is 6.85. The van der Waals surface area contributed by atoms with Gasteiger partial charge in [0, 0.05) is 21.8 Å². The van der Waals surface area contributed by atoms with Crippen molar-refractivity contribution in [2.75, 3.05) is 17.2 Å². The van der Waals surface area contributed by atoms with Gasteiger partial charge in [-0.3, -0.25) is 0 Å². The van der Waals surface area contributed by atoms with Crippen LogP contribution in [0.4, 0.5) is 11.4 Å². The Balaban J connectivity index is 2.31. The molecule has 2 nitrogen and oxygen atoms in total. The molecule has 1 heterocycles. The molecule has 0 aliphatic carbocycles. The molecule has 3 heteroatoms. The summed E-state index contributed by atoms with van der Waals surface area (Å²) in [5, 5.41) is 0. The molecule has 94 valence electrons. The summed E-state index contributed by atoms with van der Waals surface area (Å²) in [6.07, 6.45) is 1.34. The van der Waals surface area contributed by atoms with Crippen LogP contribution in [0.1, 0.15) is 27.2 Å². The summed E-state index contributed by atoms with van der Waals surface area (Å²) in [5.41, 5.74) is 8.01. The molecule has 0 bridgehead atoms. The maximum atomic E-state index is 5.82. The highest BCUT2D eigenvalue weighted by Crippen LogP contribution is 2.34. The highest BCUT2D eigenvalue weighted by molar-refractivity contribution is 14.1. The van der Waals surface area contributed by atoms with E-state index < -0.39 is 0 Å². The summed E-state index contributed by atoms with van der Waals surface area (Å²) >= 11 is 2.39. The molecule has 0 spiro atoms. The molecule has 0 radical (unpaired) electrons. The second kappa shape index (κ2) is 5.04. The summed E-state index contributed by atoms with van der Waals surface area (Å²) in [4.78, 5) is 2.54. The van der Waals surface area contributed by atoms with Gasteiger partial charge in [-0.2, -0.15) is 0 Å². The van der Waals surface area contributed by atoms with Crippen LogP contribution in [0.15, 0.2) is 18.2 Å². The third kappa shape index (κ3) is 2.69. The van der Waals surface area contributed by atoms with Crippen LogP contribution >= 0.6 is 22.6 Å². The van der Waals surface area contributed by atoms with Crippen molar-refractivity contribution in [2.45, 2.75) is 33.2 Å². The molecule has 1 aromatic carbocycles.